The number of aliphatic hydroxyl groups excluding tert-OH is 1. The van der Waals surface area contributed by atoms with Gasteiger partial charge in [-0.3, -0.25) is 4.79 Å². The maximum atomic E-state index is 12.7. The number of hydrogen-bond acceptors (Lipinski definition) is 3. The monoisotopic (exact) mass is 411 g/mol. The van der Waals surface area contributed by atoms with Crippen molar-refractivity contribution in [2.24, 2.45) is 5.92 Å². The number of aliphatic hydroxyl groups is 1. The third kappa shape index (κ3) is 3.79. The normalized spacial score (nSPS) is 32.1. The minimum atomic E-state index is -0.552. The number of piperidine rings is 1. The second kappa shape index (κ2) is 8.19. The molecule has 1 aromatic rings. The van der Waals surface area contributed by atoms with Crippen molar-refractivity contribution in [1.29, 1.82) is 0 Å². The molecule has 0 spiro atoms. The Hall–Kier alpha value is -0.910. The van der Waals surface area contributed by atoms with E-state index in [4.69, 9.17) is 4.74 Å². The molecular formula is C20H30BrNO3. The van der Waals surface area contributed by atoms with Crippen LogP contribution in [0.5, 0.6) is 0 Å². The number of quaternary nitrogens is 1. The van der Waals surface area contributed by atoms with Crippen molar-refractivity contribution in [3.8, 4) is 0 Å². The van der Waals surface area contributed by atoms with Gasteiger partial charge in [0.15, 0.2) is 0 Å². The van der Waals surface area contributed by atoms with Gasteiger partial charge in [0.1, 0.15) is 6.10 Å². The van der Waals surface area contributed by atoms with Crippen LogP contribution in [-0.2, 0) is 9.53 Å². The molecule has 0 aromatic heterocycles. The van der Waals surface area contributed by atoms with Crippen LogP contribution in [0.15, 0.2) is 30.3 Å². The summed E-state index contributed by atoms with van der Waals surface area (Å²) in [6.45, 7) is 4.41. The van der Waals surface area contributed by atoms with E-state index in [-0.39, 0.29) is 35.5 Å². The summed E-state index contributed by atoms with van der Waals surface area (Å²) in [7, 11) is 2.36. The Morgan fingerprint density at radius 3 is 2.24 bits per heavy atom. The Morgan fingerprint density at radius 2 is 1.76 bits per heavy atom. The molecule has 3 rings (SSSR count). The zero-order valence-electron chi connectivity index (χ0n) is 15.4. The highest BCUT2D eigenvalue weighted by atomic mass is 79.9. The third-order valence-corrected chi connectivity index (χ3v) is 6.56. The highest BCUT2D eigenvalue weighted by molar-refractivity contribution is 5.73. The van der Waals surface area contributed by atoms with E-state index in [0.717, 1.165) is 22.9 Å². The van der Waals surface area contributed by atoms with Crippen molar-refractivity contribution >= 4 is 5.97 Å². The van der Waals surface area contributed by atoms with Gasteiger partial charge >= 0.3 is 5.97 Å². The van der Waals surface area contributed by atoms with E-state index in [1.165, 1.54) is 12.8 Å². The van der Waals surface area contributed by atoms with Crippen LogP contribution < -0.4 is 17.0 Å². The largest absolute Gasteiger partial charge is 1.00 e. The van der Waals surface area contributed by atoms with E-state index < -0.39 is 6.10 Å². The van der Waals surface area contributed by atoms with Gasteiger partial charge in [-0.1, -0.05) is 30.3 Å². The summed E-state index contributed by atoms with van der Waals surface area (Å²) in [5, 5.41) is 9.62. The number of nitrogens with zero attached hydrogens (tertiary/aromatic N) is 1. The zero-order chi connectivity index (χ0) is 17.3. The van der Waals surface area contributed by atoms with E-state index >= 15 is 0 Å². The minimum absolute atomic E-state index is 0. The second-order valence-electron chi connectivity index (χ2n) is 7.89. The molecule has 2 aliphatic heterocycles. The van der Waals surface area contributed by atoms with Crippen LogP contribution in [0, 0.1) is 5.92 Å². The van der Waals surface area contributed by atoms with Crippen LogP contribution in [0.3, 0.4) is 0 Å². The molecule has 2 aliphatic rings. The highest BCUT2D eigenvalue weighted by Gasteiger charge is 2.54. The maximum Gasteiger partial charge on any atom is 0.310 e. The average molecular weight is 412 g/mol. The molecular weight excluding hydrogens is 382 g/mol. The first-order valence-electron chi connectivity index (χ1n) is 9.18. The van der Waals surface area contributed by atoms with E-state index in [1.807, 2.05) is 30.3 Å². The number of hydrogen-bond donors (Lipinski definition) is 1. The van der Waals surface area contributed by atoms with Gasteiger partial charge in [-0.2, -0.15) is 0 Å². The van der Waals surface area contributed by atoms with Gasteiger partial charge in [0.25, 0.3) is 0 Å². The second-order valence-corrected chi connectivity index (χ2v) is 7.89. The fourth-order valence-electron chi connectivity index (χ4n) is 4.83. The van der Waals surface area contributed by atoms with Gasteiger partial charge in [0.05, 0.1) is 37.7 Å². The Bertz CT molecular complexity index is 564. The number of carbonyl (C=O) groups excluding carboxylic acids is 1. The summed E-state index contributed by atoms with van der Waals surface area (Å²) in [4.78, 5) is 12.7. The summed E-state index contributed by atoms with van der Waals surface area (Å²) < 4.78 is 6.79. The van der Waals surface area contributed by atoms with E-state index in [0.29, 0.717) is 18.1 Å². The molecule has 0 radical (unpaired) electrons. The van der Waals surface area contributed by atoms with Crippen LogP contribution in [0.1, 0.15) is 51.2 Å². The maximum absolute atomic E-state index is 12.7. The standard InChI is InChI=1S/C20H30NO3.BrH/c1-14(2)21(3)17-9-10-18(21)12-16(11-17)20(23)24-19(13-22)15-7-5-4-6-8-15;/h4-8,14,16-19,22H,9-13H2,1-3H3;1H/q+1;/p-1. The first-order chi connectivity index (χ1) is 11.5. The minimum Gasteiger partial charge on any atom is -1.00 e. The van der Waals surface area contributed by atoms with Crippen molar-refractivity contribution in [2.75, 3.05) is 13.7 Å². The molecule has 2 bridgehead atoms. The molecule has 5 heteroatoms. The predicted molar refractivity (Wildman–Crippen MR) is 93.2 cm³/mol. The number of ether oxygens (including phenoxy) is 1. The molecule has 25 heavy (non-hydrogen) atoms. The molecule has 0 saturated carbocycles. The molecule has 1 N–H and O–H groups in total. The van der Waals surface area contributed by atoms with Gasteiger partial charge in [0, 0.05) is 25.7 Å². The van der Waals surface area contributed by atoms with Crippen LogP contribution in [0.25, 0.3) is 0 Å². The number of halogens is 1. The van der Waals surface area contributed by atoms with Gasteiger partial charge in [-0.25, -0.2) is 0 Å². The molecule has 2 fully saturated rings. The van der Waals surface area contributed by atoms with Crippen molar-refractivity contribution in [1.82, 2.24) is 0 Å². The number of benzene rings is 1. The first-order valence-corrected chi connectivity index (χ1v) is 9.18. The fourth-order valence-corrected chi connectivity index (χ4v) is 4.83. The lowest BCUT2D eigenvalue weighted by Crippen LogP contribution is -3.00. The van der Waals surface area contributed by atoms with E-state index in [2.05, 4.69) is 20.9 Å². The molecule has 0 amide bonds. The molecule has 4 nitrogen and oxygen atoms in total. The Labute approximate surface area is 161 Å². The molecule has 2 heterocycles. The first kappa shape index (κ1) is 20.4. The van der Waals surface area contributed by atoms with Crippen LogP contribution in [-0.4, -0.2) is 47.3 Å². The topological polar surface area (TPSA) is 46.5 Å². The number of rotatable bonds is 5. The van der Waals surface area contributed by atoms with E-state index in [1.54, 1.807) is 0 Å². The molecule has 1 aromatic carbocycles. The molecule has 0 aliphatic carbocycles. The molecule has 140 valence electrons. The third-order valence-electron chi connectivity index (χ3n) is 6.56. The lowest BCUT2D eigenvalue weighted by molar-refractivity contribution is -0.968. The fraction of sp³-hybridized carbons (Fsp3) is 0.650. The molecule has 3 atom stereocenters. The Balaban J connectivity index is 0.00000225. The van der Waals surface area contributed by atoms with Crippen LogP contribution >= 0.6 is 0 Å². The quantitative estimate of drug-likeness (QED) is 0.550. The van der Waals surface area contributed by atoms with Crippen LogP contribution in [0.4, 0.5) is 0 Å². The number of fused-ring (bicyclic) bond motifs is 2. The van der Waals surface area contributed by atoms with Gasteiger partial charge in [-0.05, 0) is 19.4 Å². The number of esters is 1. The summed E-state index contributed by atoms with van der Waals surface area (Å²) in [6.07, 6.45) is 3.70. The van der Waals surface area contributed by atoms with Crippen LogP contribution in [0.2, 0.25) is 0 Å². The van der Waals surface area contributed by atoms with Crippen molar-refractivity contribution in [3.05, 3.63) is 35.9 Å². The predicted octanol–water partition coefficient (Wildman–Crippen LogP) is 0.0632. The molecule has 2 saturated heterocycles. The average Bonchev–Trinajstić information content (AvgIpc) is 2.77. The van der Waals surface area contributed by atoms with Crippen molar-refractivity contribution < 1.29 is 36.1 Å². The zero-order valence-corrected chi connectivity index (χ0v) is 17.0. The summed E-state index contributed by atoms with van der Waals surface area (Å²) in [6, 6.07) is 11.2. The smallest absolute Gasteiger partial charge is 0.310 e. The SMILES string of the molecule is CC(C)[N+]1(C)C2CCC1CC(C(=O)OC(CO)c1ccccc1)C2.[Br-]. The lowest BCUT2D eigenvalue weighted by Gasteiger charge is -2.49. The summed E-state index contributed by atoms with van der Waals surface area (Å²) in [5.74, 6) is -0.157. The lowest BCUT2D eigenvalue weighted by atomic mass is 9.87. The van der Waals surface area contributed by atoms with Gasteiger partial charge in [0.2, 0.25) is 0 Å². The van der Waals surface area contributed by atoms with Crippen molar-refractivity contribution in [3.63, 3.8) is 0 Å². The Kier molecular flexibility index (Phi) is 6.68. The van der Waals surface area contributed by atoms with Gasteiger partial charge < -0.3 is 31.3 Å². The highest BCUT2D eigenvalue weighted by Crippen LogP contribution is 2.45. The molecule has 3 unspecified atom stereocenters. The van der Waals surface area contributed by atoms with Gasteiger partial charge in [-0.15, -0.1) is 0 Å². The summed E-state index contributed by atoms with van der Waals surface area (Å²) in [5.41, 5.74) is 0.856. The number of carbonyl (C=O) groups is 1. The van der Waals surface area contributed by atoms with E-state index in [9.17, 15) is 9.90 Å². The Morgan fingerprint density at radius 1 is 1.20 bits per heavy atom. The summed E-state index contributed by atoms with van der Waals surface area (Å²) >= 11 is 0. The van der Waals surface area contributed by atoms with Crippen molar-refractivity contribution in [2.45, 2.75) is 63.8 Å².